The Kier molecular flexibility index (Phi) is 6.14. The first-order valence-electron chi connectivity index (χ1n) is 6.56. The molecule has 2 aromatic heterocycles. The van der Waals surface area contributed by atoms with Gasteiger partial charge in [-0.1, -0.05) is 13.8 Å². The topological polar surface area (TPSA) is 47.7 Å². The Balaban J connectivity index is 0.00000220. The summed E-state index contributed by atoms with van der Waals surface area (Å²) in [6, 6.07) is 1.92. The molecule has 0 radical (unpaired) electrons. The Bertz CT molecular complexity index is 565. The number of aryl methyl sites for hydroxylation is 1. The molecular formula is C13H20ClF2N5. The fourth-order valence-electron chi connectivity index (χ4n) is 1.96. The molecule has 0 saturated heterocycles. The van der Waals surface area contributed by atoms with Crippen LogP contribution >= 0.6 is 12.4 Å². The number of anilines is 1. The van der Waals surface area contributed by atoms with Gasteiger partial charge in [0.25, 0.3) is 0 Å². The standard InChI is InChI=1S/C13H19F2N5.ClH/c1-9(2)7-19-11(4-5-17-19)6-16-12-8-20(13(14)15)18-10(12)3;/h4-5,8-9,13,16H,6-7H2,1-3H3;1H. The van der Waals surface area contributed by atoms with Gasteiger partial charge < -0.3 is 5.32 Å². The van der Waals surface area contributed by atoms with E-state index >= 15 is 0 Å². The lowest BCUT2D eigenvalue weighted by Gasteiger charge is -2.10. The fourth-order valence-corrected chi connectivity index (χ4v) is 1.96. The summed E-state index contributed by atoms with van der Waals surface area (Å²) in [4.78, 5) is 0. The maximum atomic E-state index is 12.5. The average Bonchev–Trinajstić information content (AvgIpc) is 2.93. The molecule has 0 aliphatic carbocycles. The molecule has 0 aromatic carbocycles. The van der Waals surface area contributed by atoms with Crippen molar-refractivity contribution in [2.45, 2.75) is 40.4 Å². The molecule has 0 aliphatic heterocycles. The van der Waals surface area contributed by atoms with Crippen molar-refractivity contribution in [2.75, 3.05) is 5.32 Å². The first-order chi connectivity index (χ1) is 9.47. The van der Waals surface area contributed by atoms with Crippen LogP contribution in [0.15, 0.2) is 18.5 Å². The fraction of sp³-hybridized carbons (Fsp3) is 0.538. The van der Waals surface area contributed by atoms with Gasteiger partial charge in [0.05, 0.1) is 29.8 Å². The average molecular weight is 320 g/mol. The van der Waals surface area contributed by atoms with Gasteiger partial charge in [0, 0.05) is 12.7 Å². The van der Waals surface area contributed by atoms with Gasteiger partial charge in [-0.25, -0.2) is 4.68 Å². The molecule has 8 heteroatoms. The third-order valence-corrected chi connectivity index (χ3v) is 2.92. The summed E-state index contributed by atoms with van der Waals surface area (Å²) in [6.07, 6.45) is 3.07. The van der Waals surface area contributed by atoms with Crippen molar-refractivity contribution in [1.29, 1.82) is 0 Å². The van der Waals surface area contributed by atoms with Gasteiger partial charge in [-0.15, -0.1) is 12.4 Å². The summed E-state index contributed by atoms with van der Waals surface area (Å²) in [7, 11) is 0. The molecule has 21 heavy (non-hydrogen) atoms. The monoisotopic (exact) mass is 319 g/mol. The maximum absolute atomic E-state index is 12.5. The number of nitrogens with one attached hydrogen (secondary N) is 1. The van der Waals surface area contributed by atoms with Crippen molar-refractivity contribution < 1.29 is 8.78 Å². The van der Waals surface area contributed by atoms with E-state index in [9.17, 15) is 8.78 Å². The van der Waals surface area contributed by atoms with Gasteiger partial charge in [0.15, 0.2) is 0 Å². The van der Waals surface area contributed by atoms with Crippen LogP contribution in [0.3, 0.4) is 0 Å². The first-order valence-corrected chi connectivity index (χ1v) is 6.56. The zero-order valence-corrected chi connectivity index (χ0v) is 13.1. The minimum absolute atomic E-state index is 0. The lowest BCUT2D eigenvalue weighted by molar-refractivity contribution is 0.0563. The van der Waals surface area contributed by atoms with E-state index in [1.807, 2.05) is 10.7 Å². The molecule has 0 fully saturated rings. The summed E-state index contributed by atoms with van der Waals surface area (Å²) in [5.74, 6) is 0.497. The van der Waals surface area contributed by atoms with E-state index in [1.54, 1.807) is 13.1 Å². The van der Waals surface area contributed by atoms with Gasteiger partial charge >= 0.3 is 6.55 Å². The lowest BCUT2D eigenvalue weighted by Crippen LogP contribution is -2.12. The van der Waals surface area contributed by atoms with Crippen LogP contribution < -0.4 is 5.32 Å². The van der Waals surface area contributed by atoms with E-state index in [0.717, 1.165) is 12.2 Å². The van der Waals surface area contributed by atoms with E-state index in [1.165, 1.54) is 6.20 Å². The summed E-state index contributed by atoms with van der Waals surface area (Å²) in [6.45, 7) is 4.69. The molecule has 2 rings (SSSR count). The first kappa shape index (κ1) is 17.4. The van der Waals surface area contributed by atoms with Gasteiger partial charge in [0.1, 0.15) is 0 Å². The Morgan fingerprint density at radius 2 is 2.05 bits per heavy atom. The molecule has 2 heterocycles. The molecular weight excluding hydrogens is 300 g/mol. The van der Waals surface area contributed by atoms with Crippen molar-refractivity contribution in [3.05, 3.63) is 29.8 Å². The highest BCUT2D eigenvalue weighted by atomic mass is 35.5. The molecule has 5 nitrogen and oxygen atoms in total. The highest BCUT2D eigenvalue weighted by molar-refractivity contribution is 5.85. The van der Waals surface area contributed by atoms with E-state index < -0.39 is 6.55 Å². The van der Waals surface area contributed by atoms with Crippen LogP contribution in [0.25, 0.3) is 0 Å². The smallest absolute Gasteiger partial charge is 0.333 e. The minimum atomic E-state index is -2.62. The van der Waals surface area contributed by atoms with Crippen molar-refractivity contribution in [1.82, 2.24) is 19.6 Å². The minimum Gasteiger partial charge on any atom is -0.377 e. The summed E-state index contributed by atoms with van der Waals surface area (Å²) in [5.41, 5.74) is 2.19. The third kappa shape index (κ3) is 4.42. The molecule has 0 amide bonds. The van der Waals surface area contributed by atoms with Crippen molar-refractivity contribution in [3.8, 4) is 0 Å². The van der Waals surface area contributed by atoms with Crippen LogP contribution in [-0.4, -0.2) is 19.6 Å². The largest absolute Gasteiger partial charge is 0.377 e. The van der Waals surface area contributed by atoms with Gasteiger partial charge in [-0.3, -0.25) is 4.68 Å². The molecule has 1 N–H and O–H groups in total. The summed E-state index contributed by atoms with van der Waals surface area (Å²) in [5, 5.41) is 11.1. The van der Waals surface area contributed by atoms with Gasteiger partial charge in [-0.2, -0.15) is 19.0 Å². The van der Waals surface area contributed by atoms with Crippen molar-refractivity contribution in [2.24, 2.45) is 5.92 Å². The summed E-state index contributed by atoms with van der Waals surface area (Å²) < 4.78 is 27.7. The third-order valence-electron chi connectivity index (χ3n) is 2.92. The molecule has 0 spiro atoms. The second kappa shape index (κ2) is 7.40. The van der Waals surface area contributed by atoms with Crippen LogP contribution in [0.5, 0.6) is 0 Å². The second-order valence-electron chi connectivity index (χ2n) is 5.14. The molecule has 0 atom stereocenters. The number of nitrogens with zero attached hydrogens (tertiary/aromatic N) is 4. The Hall–Kier alpha value is -1.63. The normalized spacial score (nSPS) is 11.0. The van der Waals surface area contributed by atoms with Crippen molar-refractivity contribution in [3.63, 3.8) is 0 Å². The zero-order chi connectivity index (χ0) is 14.7. The van der Waals surface area contributed by atoms with E-state index in [-0.39, 0.29) is 12.4 Å². The number of halogens is 3. The quantitative estimate of drug-likeness (QED) is 0.887. The van der Waals surface area contributed by atoms with E-state index in [4.69, 9.17) is 0 Å². The SMILES string of the molecule is Cc1nn(C(F)F)cc1NCc1ccnn1CC(C)C.Cl. The summed E-state index contributed by atoms with van der Waals surface area (Å²) >= 11 is 0. The zero-order valence-electron chi connectivity index (χ0n) is 12.3. The van der Waals surface area contributed by atoms with E-state index in [0.29, 0.717) is 28.5 Å². The van der Waals surface area contributed by atoms with Crippen LogP contribution in [0.1, 0.15) is 31.8 Å². The molecule has 118 valence electrons. The highest BCUT2D eigenvalue weighted by Crippen LogP contribution is 2.18. The predicted octanol–water partition coefficient (Wildman–Crippen LogP) is 3.47. The Morgan fingerprint density at radius 1 is 1.33 bits per heavy atom. The van der Waals surface area contributed by atoms with Crippen LogP contribution in [-0.2, 0) is 13.1 Å². The molecule has 0 bridgehead atoms. The van der Waals surface area contributed by atoms with Crippen LogP contribution in [0.2, 0.25) is 0 Å². The number of alkyl halides is 2. The second-order valence-corrected chi connectivity index (χ2v) is 5.14. The number of hydrogen-bond donors (Lipinski definition) is 1. The van der Waals surface area contributed by atoms with Crippen LogP contribution in [0, 0.1) is 12.8 Å². The van der Waals surface area contributed by atoms with Crippen molar-refractivity contribution >= 4 is 18.1 Å². The van der Waals surface area contributed by atoms with Gasteiger partial charge in [0.2, 0.25) is 0 Å². The molecule has 0 aliphatic rings. The molecule has 0 unspecified atom stereocenters. The highest BCUT2D eigenvalue weighted by Gasteiger charge is 2.12. The number of rotatable bonds is 6. The van der Waals surface area contributed by atoms with Gasteiger partial charge in [-0.05, 0) is 18.9 Å². The molecule has 0 saturated carbocycles. The van der Waals surface area contributed by atoms with Crippen LogP contribution in [0.4, 0.5) is 14.5 Å². The number of aromatic nitrogens is 4. The predicted molar refractivity (Wildman–Crippen MR) is 79.9 cm³/mol. The van der Waals surface area contributed by atoms with E-state index in [2.05, 4.69) is 29.4 Å². The lowest BCUT2D eigenvalue weighted by atomic mass is 10.2. The Morgan fingerprint density at radius 3 is 2.62 bits per heavy atom. The number of hydrogen-bond acceptors (Lipinski definition) is 3. The molecule has 2 aromatic rings. The maximum Gasteiger partial charge on any atom is 0.333 e. The Labute approximate surface area is 128 Å².